The summed E-state index contributed by atoms with van der Waals surface area (Å²) in [4.78, 5) is 4.52. The highest BCUT2D eigenvalue weighted by atomic mass is 35.5. The van der Waals surface area contributed by atoms with E-state index in [1.807, 2.05) is 4.90 Å². The minimum Gasteiger partial charge on any atom is -0.378 e. The normalized spacial score (nSPS) is 22.8. The molecule has 1 unspecified atom stereocenters. The van der Waals surface area contributed by atoms with Gasteiger partial charge in [0.1, 0.15) is 5.82 Å². The molecule has 0 aromatic heterocycles. The van der Waals surface area contributed by atoms with Crippen LogP contribution in [0.1, 0.15) is 0 Å². The third-order valence-electron chi connectivity index (χ3n) is 3.53. The molecule has 3 rings (SSSR count). The van der Waals surface area contributed by atoms with E-state index < -0.39 is 16.2 Å². The lowest BCUT2D eigenvalue weighted by Gasteiger charge is -2.38. The van der Waals surface area contributed by atoms with E-state index in [4.69, 9.17) is 22.1 Å². The lowest BCUT2D eigenvalue weighted by atomic mass is 10.3. The molecule has 0 amide bonds. The lowest BCUT2D eigenvalue weighted by molar-refractivity contribution is 0.0158. The van der Waals surface area contributed by atoms with Crippen molar-refractivity contribution >= 4 is 21.6 Å². The fourth-order valence-corrected chi connectivity index (χ4v) is 3.42. The maximum atomic E-state index is 12.4. The van der Waals surface area contributed by atoms with E-state index in [0.29, 0.717) is 37.1 Å². The van der Waals surface area contributed by atoms with Crippen LogP contribution in [0.2, 0.25) is 5.02 Å². The van der Waals surface area contributed by atoms with Crippen LogP contribution >= 0.6 is 11.6 Å². The second-order valence-corrected chi connectivity index (χ2v) is 7.40. The fourth-order valence-electron chi connectivity index (χ4n) is 2.36. The molecule has 0 radical (unpaired) electrons. The van der Waals surface area contributed by atoms with Crippen LogP contribution in [0.15, 0.2) is 41.1 Å². The average Bonchev–Trinajstić information content (AvgIpc) is 2.55. The molecule has 1 aromatic carbocycles. The summed E-state index contributed by atoms with van der Waals surface area (Å²) in [6.07, 6.45) is 1.23. The number of hydrogen-bond donors (Lipinski definition) is 4. The topological polar surface area (TPSA) is 112 Å². The van der Waals surface area contributed by atoms with Crippen molar-refractivity contribution in [3.8, 4) is 0 Å². The van der Waals surface area contributed by atoms with Crippen molar-refractivity contribution < 1.29 is 13.2 Å². The Labute approximate surface area is 145 Å². The van der Waals surface area contributed by atoms with Gasteiger partial charge < -0.3 is 15.4 Å². The number of hydrogen-bond acceptors (Lipinski definition) is 8. The summed E-state index contributed by atoms with van der Waals surface area (Å²) in [5, 5.41) is 1.60. The van der Waals surface area contributed by atoms with Gasteiger partial charge in [0.05, 0.1) is 24.3 Å². The number of morpholine rings is 1. The van der Waals surface area contributed by atoms with Gasteiger partial charge in [-0.2, -0.15) is 0 Å². The molecule has 0 bridgehead atoms. The van der Waals surface area contributed by atoms with Crippen molar-refractivity contribution in [1.29, 1.82) is 0 Å². The predicted octanol–water partition coefficient (Wildman–Crippen LogP) is -0.683. The Morgan fingerprint density at radius 1 is 1.25 bits per heavy atom. The summed E-state index contributed by atoms with van der Waals surface area (Å²) in [7, 11) is -3.79. The monoisotopic (exact) mass is 374 g/mol. The van der Waals surface area contributed by atoms with Gasteiger partial charge in [-0.25, -0.2) is 13.8 Å². The van der Waals surface area contributed by atoms with Gasteiger partial charge in [0, 0.05) is 18.1 Å². The van der Waals surface area contributed by atoms with E-state index in [0.717, 1.165) is 5.23 Å². The van der Waals surface area contributed by atoms with E-state index in [9.17, 15) is 8.42 Å². The molecule has 0 aliphatic carbocycles. The maximum Gasteiger partial charge on any atom is 0.256 e. The molecule has 2 aliphatic heterocycles. The van der Waals surface area contributed by atoms with Crippen LogP contribution in [0.4, 0.5) is 0 Å². The van der Waals surface area contributed by atoms with Gasteiger partial charge in [-0.05, 0) is 30.3 Å². The zero-order valence-electron chi connectivity index (χ0n) is 12.8. The van der Waals surface area contributed by atoms with Crippen molar-refractivity contribution in [3.05, 3.63) is 41.2 Å². The molecule has 0 saturated carbocycles. The molecule has 1 fully saturated rings. The first-order chi connectivity index (χ1) is 11.4. The van der Waals surface area contributed by atoms with Crippen LogP contribution in [0.3, 0.4) is 0 Å². The van der Waals surface area contributed by atoms with E-state index in [-0.39, 0.29) is 4.90 Å². The maximum absolute atomic E-state index is 12.4. The van der Waals surface area contributed by atoms with Crippen LogP contribution in [-0.2, 0) is 14.8 Å². The highest BCUT2D eigenvalue weighted by Crippen LogP contribution is 2.14. The predicted molar refractivity (Wildman–Crippen MR) is 88.3 cm³/mol. The van der Waals surface area contributed by atoms with Crippen LogP contribution in [0, 0.1) is 0 Å². The van der Waals surface area contributed by atoms with Crippen molar-refractivity contribution in [2.75, 3.05) is 26.3 Å². The first-order valence-corrected chi connectivity index (χ1v) is 9.21. The van der Waals surface area contributed by atoms with E-state index in [1.165, 1.54) is 24.3 Å². The number of nitrogens with two attached hydrogens (primary N) is 1. The molecule has 1 saturated heterocycles. The second-order valence-electron chi connectivity index (χ2n) is 5.30. The first kappa shape index (κ1) is 17.4. The molecule has 2 heterocycles. The SMILES string of the molecule is NC1C=C(N2CCOCC2)NN(NS(=O)(=O)c2ccc(Cl)cc2)N1. The van der Waals surface area contributed by atoms with E-state index >= 15 is 0 Å². The Kier molecular flexibility index (Phi) is 5.25. The third kappa shape index (κ3) is 4.16. The summed E-state index contributed by atoms with van der Waals surface area (Å²) in [6, 6.07) is 5.87. The van der Waals surface area contributed by atoms with Gasteiger partial charge in [0.15, 0.2) is 0 Å². The smallest absolute Gasteiger partial charge is 0.256 e. The van der Waals surface area contributed by atoms with Crippen LogP contribution < -0.4 is 21.4 Å². The van der Waals surface area contributed by atoms with Crippen molar-refractivity contribution in [3.63, 3.8) is 0 Å². The molecular weight excluding hydrogens is 356 g/mol. The Morgan fingerprint density at radius 2 is 1.92 bits per heavy atom. The minimum absolute atomic E-state index is 0.0894. The Hall–Kier alpha value is -1.40. The third-order valence-corrected chi connectivity index (χ3v) is 5.10. The summed E-state index contributed by atoms with van der Waals surface area (Å²) in [5.74, 6) is 0.711. The summed E-state index contributed by atoms with van der Waals surface area (Å²) in [6.45, 7) is 2.61. The van der Waals surface area contributed by atoms with Gasteiger partial charge in [-0.1, -0.05) is 16.8 Å². The van der Waals surface area contributed by atoms with Gasteiger partial charge in [-0.3, -0.25) is 5.43 Å². The van der Waals surface area contributed by atoms with E-state index in [2.05, 4.69) is 15.7 Å². The molecule has 0 spiro atoms. The standard InChI is InChI=1S/C13H19ClN6O3S/c14-10-1-3-11(4-2-10)24(21,22)18-20-16-12(15)9-13(17-20)19-5-7-23-8-6-19/h1-4,9,12,16-18H,5-8,15H2. The number of nitrogens with one attached hydrogen (secondary N) is 3. The Balaban J connectivity index is 1.71. The number of sulfonamides is 1. The molecule has 132 valence electrons. The van der Waals surface area contributed by atoms with Gasteiger partial charge in [-0.15, -0.1) is 4.83 Å². The Bertz CT molecular complexity index is 705. The fraction of sp³-hybridized carbons (Fsp3) is 0.385. The van der Waals surface area contributed by atoms with Crippen LogP contribution in [0.25, 0.3) is 0 Å². The average molecular weight is 375 g/mol. The minimum atomic E-state index is -3.79. The number of benzene rings is 1. The zero-order chi connectivity index (χ0) is 17.2. The molecule has 24 heavy (non-hydrogen) atoms. The highest BCUT2D eigenvalue weighted by Gasteiger charge is 2.25. The summed E-state index contributed by atoms with van der Waals surface area (Å²) >= 11 is 5.79. The molecule has 11 heteroatoms. The zero-order valence-corrected chi connectivity index (χ0v) is 14.3. The van der Waals surface area contributed by atoms with Crippen LogP contribution in [-0.4, -0.2) is 51.0 Å². The van der Waals surface area contributed by atoms with Gasteiger partial charge in [0.2, 0.25) is 0 Å². The van der Waals surface area contributed by atoms with Gasteiger partial charge >= 0.3 is 0 Å². The van der Waals surface area contributed by atoms with Crippen molar-refractivity contribution in [2.45, 2.75) is 11.1 Å². The second kappa shape index (κ2) is 7.23. The molecular formula is C13H19ClN6O3S. The lowest BCUT2D eigenvalue weighted by Crippen LogP contribution is -2.66. The van der Waals surface area contributed by atoms with Gasteiger partial charge in [0.25, 0.3) is 10.0 Å². The quantitative estimate of drug-likeness (QED) is 0.548. The largest absolute Gasteiger partial charge is 0.378 e. The number of ether oxygens (including phenoxy) is 1. The summed E-state index contributed by atoms with van der Waals surface area (Å²) < 4.78 is 30.2. The van der Waals surface area contributed by atoms with E-state index in [1.54, 1.807) is 6.08 Å². The number of halogens is 1. The molecule has 1 aromatic rings. The molecule has 2 aliphatic rings. The van der Waals surface area contributed by atoms with Crippen molar-refractivity contribution in [2.24, 2.45) is 5.73 Å². The number of rotatable bonds is 4. The van der Waals surface area contributed by atoms with Crippen LogP contribution in [0.5, 0.6) is 0 Å². The first-order valence-electron chi connectivity index (χ1n) is 7.35. The molecule has 5 N–H and O–H groups in total. The molecule has 9 nitrogen and oxygen atoms in total. The summed E-state index contributed by atoms with van der Waals surface area (Å²) in [5.41, 5.74) is 11.6. The number of nitrogens with zero attached hydrogens (tertiary/aromatic N) is 2. The number of hydrazine groups is 3. The molecule has 1 atom stereocenters. The van der Waals surface area contributed by atoms with Crippen molar-refractivity contribution in [1.82, 2.24) is 25.8 Å². The Morgan fingerprint density at radius 3 is 2.58 bits per heavy atom. The highest BCUT2D eigenvalue weighted by molar-refractivity contribution is 7.89.